The van der Waals surface area contributed by atoms with E-state index < -0.39 is 0 Å². The molecule has 3 aromatic rings. The molecule has 2 aromatic carbocycles. The number of nitrogens with one attached hydrogen (secondary N) is 1. The number of hydrogen-bond donors (Lipinski definition) is 1. The van der Waals surface area contributed by atoms with Crippen LogP contribution in [-0.2, 0) is 0 Å². The van der Waals surface area contributed by atoms with Crippen LogP contribution in [0.1, 0.15) is 12.8 Å². The summed E-state index contributed by atoms with van der Waals surface area (Å²) in [5.74, 6) is -0.246. The molecular formula is C20H20FN3. The number of halogens is 1. The number of rotatable bonds is 4. The van der Waals surface area contributed by atoms with Gasteiger partial charge in [0.15, 0.2) is 0 Å². The number of hydrogen-bond acceptors (Lipinski definition) is 3. The molecule has 4 rings (SSSR count). The molecule has 1 N–H and O–H groups in total. The molecule has 1 fully saturated rings. The molecule has 0 aliphatic heterocycles. The van der Waals surface area contributed by atoms with E-state index in [4.69, 9.17) is 4.98 Å². The third kappa shape index (κ3) is 2.92. The van der Waals surface area contributed by atoms with Crippen LogP contribution in [0.3, 0.4) is 0 Å². The van der Waals surface area contributed by atoms with Crippen LogP contribution in [0.25, 0.3) is 22.2 Å². The average molecular weight is 321 g/mol. The third-order valence-electron chi connectivity index (χ3n) is 4.34. The second kappa shape index (κ2) is 5.78. The lowest BCUT2D eigenvalue weighted by Gasteiger charge is -2.18. The predicted molar refractivity (Wildman–Crippen MR) is 98.1 cm³/mol. The first kappa shape index (κ1) is 14.9. The van der Waals surface area contributed by atoms with Crippen LogP contribution in [0.2, 0.25) is 0 Å². The van der Waals surface area contributed by atoms with Crippen molar-refractivity contribution < 1.29 is 4.39 Å². The Bertz CT molecular complexity index is 901. The van der Waals surface area contributed by atoms with Crippen LogP contribution in [0.5, 0.6) is 0 Å². The molecule has 1 aliphatic carbocycles. The lowest BCUT2D eigenvalue weighted by molar-refractivity contribution is 0.628. The smallest absolute Gasteiger partial charge is 0.123 e. The number of anilines is 2. The Labute approximate surface area is 141 Å². The van der Waals surface area contributed by atoms with Gasteiger partial charge in [0, 0.05) is 42.5 Å². The number of aromatic nitrogens is 1. The minimum Gasteiger partial charge on any atom is -0.382 e. The Balaban J connectivity index is 1.85. The van der Waals surface area contributed by atoms with Gasteiger partial charge in [-0.2, -0.15) is 0 Å². The van der Waals surface area contributed by atoms with Crippen molar-refractivity contribution in [2.24, 2.45) is 0 Å². The molecule has 1 saturated carbocycles. The molecule has 0 spiro atoms. The molecule has 4 heteroatoms. The molecule has 0 radical (unpaired) electrons. The van der Waals surface area contributed by atoms with Gasteiger partial charge in [-0.05, 0) is 49.2 Å². The highest BCUT2D eigenvalue weighted by Gasteiger charge is 2.21. The summed E-state index contributed by atoms with van der Waals surface area (Å²) in [6, 6.07) is 15.5. The van der Waals surface area contributed by atoms with Gasteiger partial charge in [0.1, 0.15) is 5.82 Å². The van der Waals surface area contributed by atoms with E-state index in [0.29, 0.717) is 6.04 Å². The Hall–Kier alpha value is -2.62. The van der Waals surface area contributed by atoms with Crippen LogP contribution in [0.4, 0.5) is 15.8 Å². The van der Waals surface area contributed by atoms with Crippen LogP contribution >= 0.6 is 0 Å². The van der Waals surface area contributed by atoms with Crippen molar-refractivity contribution in [2.45, 2.75) is 18.9 Å². The maximum Gasteiger partial charge on any atom is 0.123 e. The van der Waals surface area contributed by atoms with Crippen molar-refractivity contribution in [3.05, 3.63) is 54.3 Å². The largest absolute Gasteiger partial charge is 0.382 e. The molecule has 0 atom stereocenters. The number of nitrogens with zero attached hydrogens (tertiary/aromatic N) is 2. The zero-order valence-electron chi connectivity index (χ0n) is 13.9. The molecule has 1 aromatic heterocycles. The van der Waals surface area contributed by atoms with Gasteiger partial charge in [-0.3, -0.25) is 0 Å². The van der Waals surface area contributed by atoms with Gasteiger partial charge in [-0.15, -0.1) is 0 Å². The first-order valence-electron chi connectivity index (χ1n) is 8.25. The fraction of sp³-hybridized carbons (Fsp3) is 0.250. The SMILES string of the molecule is CN(C)c1cc(-c2cccc(F)c2)nc2ccc(NC3CC3)cc12. The number of fused-ring (bicyclic) bond motifs is 1. The minimum absolute atomic E-state index is 0.246. The summed E-state index contributed by atoms with van der Waals surface area (Å²) in [7, 11) is 4.04. The summed E-state index contributed by atoms with van der Waals surface area (Å²) in [5, 5.41) is 4.63. The highest BCUT2D eigenvalue weighted by atomic mass is 19.1. The summed E-state index contributed by atoms with van der Waals surface area (Å²) in [4.78, 5) is 6.82. The van der Waals surface area contributed by atoms with Gasteiger partial charge in [0.25, 0.3) is 0 Å². The topological polar surface area (TPSA) is 28.2 Å². The third-order valence-corrected chi connectivity index (χ3v) is 4.34. The monoisotopic (exact) mass is 321 g/mol. The Kier molecular flexibility index (Phi) is 3.60. The van der Waals surface area contributed by atoms with Crippen LogP contribution in [0, 0.1) is 5.82 Å². The molecule has 24 heavy (non-hydrogen) atoms. The number of benzene rings is 2. The van der Waals surface area contributed by atoms with Crippen molar-refractivity contribution in [2.75, 3.05) is 24.3 Å². The van der Waals surface area contributed by atoms with E-state index in [1.165, 1.54) is 25.0 Å². The van der Waals surface area contributed by atoms with E-state index in [1.807, 2.05) is 32.3 Å². The molecule has 122 valence electrons. The second-order valence-electron chi connectivity index (χ2n) is 6.58. The molecule has 0 bridgehead atoms. The summed E-state index contributed by atoms with van der Waals surface area (Å²) < 4.78 is 13.6. The summed E-state index contributed by atoms with van der Waals surface area (Å²) in [6.45, 7) is 0. The van der Waals surface area contributed by atoms with E-state index in [0.717, 1.165) is 33.5 Å². The zero-order valence-corrected chi connectivity index (χ0v) is 13.9. The molecule has 1 aliphatic rings. The standard InChI is InChI=1S/C20H20FN3/c1-24(2)20-12-19(13-4-3-5-14(21)10-13)23-18-9-8-16(11-17(18)20)22-15-6-7-15/h3-5,8-12,15,22H,6-7H2,1-2H3. The highest BCUT2D eigenvalue weighted by molar-refractivity contribution is 5.96. The summed E-state index contributed by atoms with van der Waals surface area (Å²) >= 11 is 0. The first-order chi connectivity index (χ1) is 11.6. The van der Waals surface area contributed by atoms with Crippen LogP contribution in [0.15, 0.2) is 48.5 Å². The molecular weight excluding hydrogens is 301 g/mol. The van der Waals surface area contributed by atoms with Crippen molar-refractivity contribution in [1.29, 1.82) is 0 Å². The first-order valence-corrected chi connectivity index (χ1v) is 8.25. The van der Waals surface area contributed by atoms with E-state index in [-0.39, 0.29) is 5.82 Å². The van der Waals surface area contributed by atoms with Crippen LogP contribution in [-0.4, -0.2) is 25.1 Å². The second-order valence-corrected chi connectivity index (χ2v) is 6.58. The van der Waals surface area contributed by atoms with Gasteiger partial charge in [0.05, 0.1) is 11.2 Å². The average Bonchev–Trinajstić information content (AvgIpc) is 3.37. The number of pyridine rings is 1. The Morgan fingerprint density at radius 1 is 1.08 bits per heavy atom. The van der Waals surface area contributed by atoms with Crippen molar-refractivity contribution >= 4 is 22.3 Å². The zero-order chi connectivity index (χ0) is 16.7. The summed E-state index contributed by atoms with van der Waals surface area (Å²) in [5.41, 5.74) is 4.71. The van der Waals surface area contributed by atoms with Crippen molar-refractivity contribution in [1.82, 2.24) is 4.98 Å². The van der Waals surface area contributed by atoms with Crippen molar-refractivity contribution in [3.63, 3.8) is 0 Å². The lowest BCUT2D eigenvalue weighted by atomic mass is 10.1. The normalized spacial score (nSPS) is 14.0. The Morgan fingerprint density at radius 3 is 2.62 bits per heavy atom. The fourth-order valence-corrected chi connectivity index (χ4v) is 2.93. The van der Waals surface area contributed by atoms with Crippen LogP contribution < -0.4 is 10.2 Å². The maximum atomic E-state index is 13.6. The molecule has 0 amide bonds. The Morgan fingerprint density at radius 2 is 1.92 bits per heavy atom. The summed E-state index contributed by atoms with van der Waals surface area (Å²) in [6.07, 6.45) is 2.49. The minimum atomic E-state index is -0.246. The molecule has 3 nitrogen and oxygen atoms in total. The van der Waals surface area contributed by atoms with E-state index in [1.54, 1.807) is 6.07 Å². The van der Waals surface area contributed by atoms with Gasteiger partial charge >= 0.3 is 0 Å². The van der Waals surface area contributed by atoms with E-state index in [9.17, 15) is 4.39 Å². The quantitative estimate of drug-likeness (QED) is 0.756. The van der Waals surface area contributed by atoms with Gasteiger partial charge in [0.2, 0.25) is 0 Å². The van der Waals surface area contributed by atoms with E-state index >= 15 is 0 Å². The molecule has 0 unspecified atom stereocenters. The fourth-order valence-electron chi connectivity index (χ4n) is 2.93. The predicted octanol–water partition coefficient (Wildman–Crippen LogP) is 4.68. The van der Waals surface area contributed by atoms with Crippen molar-refractivity contribution in [3.8, 4) is 11.3 Å². The van der Waals surface area contributed by atoms with E-state index in [2.05, 4.69) is 22.3 Å². The van der Waals surface area contributed by atoms with Gasteiger partial charge in [-0.25, -0.2) is 9.37 Å². The van der Waals surface area contributed by atoms with Gasteiger partial charge in [-0.1, -0.05) is 12.1 Å². The van der Waals surface area contributed by atoms with Gasteiger partial charge < -0.3 is 10.2 Å². The maximum absolute atomic E-state index is 13.6. The lowest BCUT2D eigenvalue weighted by Crippen LogP contribution is -2.10. The highest BCUT2D eigenvalue weighted by Crippen LogP contribution is 2.33. The molecule has 0 saturated heterocycles. The molecule has 1 heterocycles.